The molecule has 0 atom stereocenters. The highest BCUT2D eigenvalue weighted by Gasteiger charge is 2.13. The summed E-state index contributed by atoms with van der Waals surface area (Å²) < 4.78 is 0. The topological polar surface area (TPSA) is 37.3 Å². The van der Waals surface area contributed by atoms with E-state index in [0.29, 0.717) is 5.57 Å². The maximum atomic E-state index is 11.9. The second-order valence-electron chi connectivity index (χ2n) is 2.94. The van der Waals surface area contributed by atoms with Gasteiger partial charge in [0.2, 0.25) is 0 Å². The summed E-state index contributed by atoms with van der Waals surface area (Å²) in [5.74, 6) is -0.597. The molecule has 0 saturated carbocycles. The molecular weight excluding hydrogens is 248 g/mol. The predicted molar refractivity (Wildman–Crippen MR) is 90.8 cm³/mol. The lowest BCUT2D eigenvalue weighted by atomic mass is 10.0. The van der Waals surface area contributed by atoms with Crippen molar-refractivity contribution in [2.24, 2.45) is 0 Å². The second kappa shape index (κ2) is 16.9. The van der Waals surface area contributed by atoms with E-state index in [1.807, 2.05) is 34.6 Å². The van der Waals surface area contributed by atoms with Crippen LogP contribution in [0.15, 0.2) is 73.1 Å². The molecule has 0 aromatic heterocycles. The van der Waals surface area contributed by atoms with Crippen LogP contribution in [0, 0.1) is 0 Å². The summed E-state index contributed by atoms with van der Waals surface area (Å²) in [5, 5.41) is 9.32. The molecule has 0 rings (SSSR count). The summed E-state index contributed by atoms with van der Waals surface area (Å²) >= 11 is 0. The van der Waals surface area contributed by atoms with Gasteiger partial charge < -0.3 is 5.11 Å². The van der Waals surface area contributed by atoms with Crippen molar-refractivity contribution in [3.63, 3.8) is 0 Å². The standard InChI is InChI=1S/C14H16O2.2C2H6/c1-5-8-10-13(11(4)15)14(16)12(7-3)9-6-2;2*1-2/h5-10,15H,2-4H2,1H3;2*1-2H3/b8-5-,12-9+,13-10+;;. The number of Topliss-reactive ketones (excluding diaryl/α,β-unsaturated/α-hetero) is 1. The van der Waals surface area contributed by atoms with Gasteiger partial charge in [0.1, 0.15) is 5.76 Å². The number of rotatable bonds is 6. The quantitative estimate of drug-likeness (QED) is 0.396. The first kappa shape index (κ1) is 23.0. The Bertz CT molecular complexity index is 394. The van der Waals surface area contributed by atoms with Crippen LogP contribution < -0.4 is 0 Å². The normalized spacial score (nSPS) is 10.7. The van der Waals surface area contributed by atoms with Crippen molar-refractivity contribution in [2.75, 3.05) is 0 Å². The lowest BCUT2D eigenvalue weighted by molar-refractivity contribution is -0.111. The van der Waals surface area contributed by atoms with Gasteiger partial charge in [-0.3, -0.25) is 4.79 Å². The predicted octanol–water partition coefficient (Wildman–Crippen LogP) is 5.48. The minimum Gasteiger partial charge on any atom is -0.508 e. The lowest BCUT2D eigenvalue weighted by Gasteiger charge is -2.04. The SMILES string of the molecule is C=C/C=C(\C=C)C(=O)/C(=C/C=C\C)C(=C)O.CC.CC. The summed E-state index contributed by atoms with van der Waals surface area (Å²) in [6, 6.07) is 0. The summed E-state index contributed by atoms with van der Waals surface area (Å²) in [6.45, 7) is 20.2. The Balaban J connectivity index is -0.000000656. The van der Waals surface area contributed by atoms with Gasteiger partial charge in [-0.15, -0.1) is 0 Å². The van der Waals surface area contributed by atoms with Crippen LogP contribution in [-0.4, -0.2) is 10.9 Å². The summed E-state index contributed by atoms with van der Waals surface area (Å²) in [5.41, 5.74) is 0.507. The summed E-state index contributed by atoms with van der Waals surface area (Å²) in [6.07, 6.45) is 9.34. The van der Waals surface area contributed by atoms with E-state index in [2.05, 4.69) is 19.7 Å². The largest absolute Gasteiger partial charge is 0.508 e. The number of carbonyl (C=O) groups excluding carboxylic acids is 1. The van der Waals surface area contributed by atoms with Gasteiger partial charge in [0, 0.05) is 5.57 Å². The van der Waals surface area contributed by atoms with Gasteiger partial charge >= 0.3 is 0 Å². The van der Waals surface area contributed by atoms with Crippen LogP contribution >= 0.6 is 0 Å². The first-order valence-corrected chi connectivity index (χ1v) is 6.79. The Kier molecular flexibility index (Phi) is 19.5. The fraction of sp³-hybridized carbons (Fsp3) is 0.278. The zero-order valence-corrected chi connectivity index (χ0v) is 13.4. The van der Waals surface area contributed by atoms with E-state index in [-0.39, 0.29) is 17.1 Å². The minimum atomic E-state index is -0.333. The minimum absolute atomic E-state index is 0.145. The summed E-state index contributed by atoms with van der Waals surface area (Å²) in [7, 11) is 0. The molecule has 0 unspecified atom stereocenters. The number of ketones is 1. The van der Waals surface area contributed by atoms with Crippen molar-refractivity contribution < 1.29 is 9.90 Å². The van der Waals surface area contributed by atoms with E-state index in [1.165, 1.54) is 24.3 Å². The van der Waals surface area contributed by atoms with Crippen molar-refractivity contribution in [3.8, 4) is 0 Å². The maximum absolute atomic E-state index is 11.9. The average Bonchev–Trinajstić information content (AvgIpc) is 2.48. The van der Waals surface area contributed by atoms with E-state index in [1.54, 1.807) is 12.2 Å². The summed E-state index contributed by atoms with van der Waals surface area (Å²) in [4.78, 5) is 11.9. The molecule has 0 amide bonds. The fourth-order valence-electron chi connectivity index (χ4n) is 1.01. The average molecular weight is 276 g/mol. The van der Waals surface area contributed by atoms with Crippen molar-refractivity contribution in [1.29, 1.82) is 0 Å². The third-order valence-electron chi connectivity index (χ3n) is 1.79. The first-order chi connectivity index (χ1) is 9.58. The van der Waals surface area contributed by atoms with Crippen molar-refractivity contribution >= 4 is 5.78 Å². The molecule has 112 valence electrons. The van der Waals surface area contributed by atoms with Gasteiger partial charge in [-0.2, -0.15) is 0 Å². The van der Waals surface area contributed by atoms with Crippen LogP contribution in [-0.2, 0) is 4.79 Å². The smallest absolute Gasteiger partial charge is 0.196 e. The van der Waals surface area contributed by atoms with Gasteiger partial charge in [-0.05, 0) is 13.0 Å². The third-order valence-corrected chi connectivity index (χ3v) is 1.79. The second-order valence-corrected chi connectivity index (χ2v) is 2.94. The van der Waals surface area contributed by atoms with E-state index in [4.69, 9.17) is 0 Å². The van der Waals surface area contributed by atoms with Gasteiger partial charge in [-0.25, -0.2) is 0 Å². The van der Waals surface area contributed by atoms with Crippen LogP contribution in [0.2, 0.25) is 0 Å². The maximum Gasteiger partial charge on any atom is 0.196 e. The van der Waals surface area contributed by atoms with E-state index >= 15 is 0 Å². The van der Waals surface area contributed by atoms with Gasteiger partial charge in [0.15, 0.2) is 5.78 Å². The van der Waals surface area contributed by atoms with Crippen LogP contribution in [0.25, 0.3) is 0 Å². The molecule has 0 aliphatic rings. The van der Waals surface area contributed by atoms with E-state index in [9.17, 15) is 9.90 Å². The molecule has 0 aliphatic carbocycles. The molecule has 2 nitrogen and oxygen atoms in total. The van der Waals surface area contributed by atoms with Crippen LogP contribution in [0.3, 0.4) is 0 Å². The molecule has 1 N–H and O–H groups in total. The number of aliphatic hydroxyl groups excluding tert-OH is 1. The number of hydrogen-bond donors (Lipinski definition) is 1. The monoisotopic (exact) mass is 276 g/mol. The Morgan fingerprint density at radius 2 is 1.55 bits per heavy atom. The molecule has 20 heavy (non-hydrogen) atoms. The van der Waals surface area contributed by atoms with Crippen LogP contribution in [0.4, 0.5) is 0 Å². The first-order valence-electron chi connectivity index (χ1n) is 6.79. The Morgan fingerprint density at radius 1 is 1.05 bits per heavy atom. The third kappa shape index (κ3) is 9.89. The van der Waals surface area contributed by atoms with Crippen LogP contribution in [0.5, 0.6) is 0 Å². The molecule has 0 radical (unpaired) electrons. The zero-order valence-electron chi connectivity index (χ0n) is 13.4. The number of allylic oxidation sites excluding steroid dienone is 8. The van der Waals surface area contributed by atoms with Gasteiger partial charge in [0.05, 0.1) is 5.57 Å². The Hall–Kier alpha value is -2.09. The van der Waals surface area contributed by atoms with Crippen molar-refractivity contribution in [3.05, 3.63) is 73.1 Å². The molecule has 0 fully saturated rings. The van der Waals surface area contributed by atoms with Crippen molar-refractivity contribution in [1.82, 2.24) is 0 Å². The number of carbonyl (C=O) groups is 1. The molecular formula is C18H28O2. The lowest BCUT2D eigenvalue weighted by Crippen LogP contribution is -2.06. The molecule has 0 aromatic carbocycles. The fourth-order valence-corrected chi connectivity index (χ4v) is 1.01. The molecule has 0 spiro atoms. The number of hydrogen-bond acceptors (Lipinski definition) is 2. The zero-order chi connectivity index (χ0) is 16.6. The molecule has 0 bridgehead atoms. The van der Waals surface area contributed by atoms with E-state index in [0.717, 1.165) is 0 Å². The Labute approximate surface area is 124 Å². The highest BCUT2D eigenvalue weighted by molar-refractivity contribution is 6.12. The van der Waals surface area contributed by atoms with Gasteiger partial charge in [0.25, 0.3) is 0 Å². The van der Waals surface area contributed by atoms with Gasteiger partial charge in [-0.1, -0.05) is 77.8 Å². The van der Waals surface area contributed by atoms with E-state index < -0.39 is 0 Å². The van der Waals surface area contributed by atoms with Crippen molar-refractivity contribution in [2.45, 2.75) is 34.6 Å². The highest BCUT2D eigenvalue weighted by atomic mass is 16.3. The number of aliphatic hydroxyl groups is 1. The molecule has 0 saturated heterocycles. The molecule has 0 aromatic rings. The molecule has 2 heteroatoms. The van der Waals surface area contributed by atoms with Crippen LogP contribution in [0.1, 0.15) is 34.6 Å². The molecule has 0 aliphatic heterocycles. The molecule has 0 heterocycles. The highest BCUT2D eigenvalue weighted by Crippen LogP contribution is 2.13. The Morgan fingerprint density at radius 3 is 1.85 bits per heavy atom.